The van der Waals surface area contributed by atoms with Crippen LogP contribution in [0.5, 0.6) is 0 Å². The molecule has 0 saturated carbocycles. The predicted octanol–water partition coefficient (Wildman–Crippen LogP) is -0.857. The van der Waals surface area contributed by atoms with Gasteiger partial charge in [-0.2, -0.15) is 0 Å². The Morgan fingerprint density at radius 2 is 1.96 bits per heavy atom. The Balaban J connectivity index is 2.09. The van der Waals surface area contributed by atoms with Crippen molar-refractivity contribution in [2.75, 3.05) is 19.8 Å². The van der Waals surface area contributed by atoms with E-state index in [1.54, 1.807) is 6.26 Å². The zero-order chi connectivity index (χ0) is 20.3. The number of hydrogen-bond acceptors (Lipinski definition) is 8. The van der Waals surface area contributed by atoms with Gasteiger partial charge in [0.25, 0.3) is 0 Å². The van der Waals surface area contributed by atoms with E-state index < -0.39 is 42.0 Å². The van der Waals surface area contributed by atoms with Gasteiger partial charge in [0.15, 0.2) is 0 Å². The fourth-order valence-electron chi connectivity index (χ4n) is 4.13. The van der Waals surface area contributed by atoms with E-state index >= 15 is 0 Å². The lowest BCUT2D eigenvalue weighted by Crippen LogP contribution is -2.65. The molecule has 0 aromatic carbocycles. The number of thioether (sulfide) groups is 1. The summed E-state index contributed by atoms with van der Waals surface area (Å²) in [6.45, 7) is 4.48. The van der Waals surface area contributed by atoms with Gasteiger partial charge in [-0.05, 0) is 39.0 Å². The van der Waals surface area contributed by atoms with Crippen LogP contribution >= 0.6 is 11.8 Å². The molecule has 0 aromatic heterocycles. The maximum absolute atomic E-state index is 12.8. The number of likely N-dealkylation sites (N-methyl/N-ethyl adjacent to an activating group) is 1. The molecule has 0 bridgehead atoms. The van der Waals surface area contributed by atoms with Crippen molar-refractivity contribution in [1.29, 1.82) is 0 Å². The zero-order valence-corrected chi connectivity index (χ0v) is 17.3. The standard InChI is InChI=1S/C18H34N2O6S/c1-5-6-10-7-11(20(3)8-10)17(25)19-12(9(2)21)16-14(23)13(22)15(24)18(26-16)27-4/h9-16,18,21-24H,5-8H2,1-4H3,(H,19,25)/t9?,10?,11-,12?,13-,14-,15?,16?,18-/m1/s1. The van der Waals surface area contributed by atoms with Crippen LogP contribution in [0, 0.1) is 5.92 Å². The molecule has 5 unspecified atom stereocenters. The first-order chi connectivity index (χ1) is 12.7. The highest BCUT2D eigenvalue weighted by molar-refractivity contribution is 7.99. The molecule has 158 valence electrons. The van der Waals surface area contributed by atoms with Gasteiger partial charge in [0.2, 0.25) is 5.91 Å². The lowest BCUT2D eigenvalue weighted by atomic mass is 9.92. The van der Waals surface area contributed by atoms with Crippen LogP contribution in [-0.2, 0) is 9.53 Å². The molecule has 2 fully saturated rings. The molecule has 8 nitrogen and oxygen atoms in total. The second-order valence-corrected chi connectivity index (χ2v) is 8.73. The molecule has 0 radical (unpaired) electrons. The number of amides is 1. The van der Waals surface area contributed by atoms with Gasteiger partial charge in [0.1, 0.15) is 29.9 Å². The van der Waals surface area contributed by atoms with Gasteiger partial charge in [0, 0.05) is 6.54 Å². The second-order valence-electron chi connectivity index (χ2n) is 7.80. The third-order valence-electron chi connectivity index (χ3n) is 5.66. The zero-order valence-electron chi connectivity index (χ0n) is 16.5. The van der Waals surface area contributed by atoms with Crippen molar-refractivity contribution >= 4 is 17.7 Å². The number of carbonyl (C=O) groups is 1. The summed E-state index contributed by atoms with van der Waals surface area (Å²) >= 11 is 1.20. The van der Waals surface area contributed by atoms with Gasteiger partial charge in [-0.15, -0.1) is 11.8 Å². The molecule has 1 amide bonds. The van der Waals surface area contributed by atoms with Crippen LogP contribution in [0.1, 0.15) is 33.1 Å². The number of aliphatic hydroxyl groups is 4. The fourth-order valence-corrected chi connectivity index (χ4v) is 4.81. The van der Waals surface area contributed by atoms with Crippen molar-refractivity contribution < 1.29 is 30.0 Å². The molecule has 2 heterocycles. The van der Waals surface area contributed by atoms with Crippen molar-refractivity contribution in [1.82, 2.24) is 10.2 Å². The van der Waals surface area contributed by atoms with Crippen LogP contribution in [0.3, 0.4) is 0 Å². The van der Waals surface area contributed by atoms with Crippen LogP contribution < -0.4 is 5.32 Å². The Hall–Kier alpha value is -0.420. The van der Waals surface area contributed by atoms with Crippen molar-refractivity contribution in [3.05, 3.63) is 0 Å². The van der Waals surface area contributed by atoms with Gasteiger partial charge >= 0.3 is 0 Å². The molecule has 0 spiro atoms. The Morgan fingerprint density at radius 1 is 1.30 bits per heavy atom. The Bertz CT molecular complexity index is 494. The summed E-state index contributed by atoms with van der Waals surface area (Å²) in [6.07, 6.45) is -1.50. The maximum Gasteiger partial charge on any atom is 0.237 e. The third-order valence-corrected chi connectivity index (χ3v) is 6.51. The molecule has 2 saturated heterocycles. The highest BCUT2D eigenvalue weighted by Gasteiger charge is 2.48. The summed E-state index contributed by atoms with van der Waals surface area (Å²) in [5.74, 6) is 0.245. The number of ether oxygens (including phenoxy) is 1. The fraction of sp³-hybridized carbons (Fsp3) is 0.944. The number of carbonyl (C=O) groups excluding carboxylic acids is 1. The summed E-state index contributed by atoms with van der Waals surface area (Å²) in [4.78, 5) is 14.9. The maximum atomic E-state index is 12.8. The SMILES string of the molecule is CCCC1C[C@H](C(=O)NC(C(C)O)C2O[C@H](SC)C(O)[C@H](O)[C@H]2O)N(C)C1. The number of hydrogen-bond donors (Lipinski definition) is 5. The van der Waals surface area contributed by atoms with Crippen LogP contribution in [0.4, 0.5) is 0 Å². The molecule has 0 aromatic rings. The van der Waals surface area contributed by atoms with Crippen LogP contribution in [0.25, 0.3) is 0 Å². The highest BCUT2D eigenvalue weighted by atomic mass is 32.2. The van der Waals surface area contributed by atoms with Crippen molar-refractivity contribution in [2.24, 2.45) is 5.92 Å². The van der Waals surface area contributed by atoms with E-state index in [1.165, 1.54) is 18.7 Å². The van der Waals surface area contributed by atoms with Crippen LogP contribution in [0.15, 0.2) is 0 Å². The predicted molar refractivity (Wildman–Crippen MR) is 103 cm³/mol. The Morgan fingerprint density at radius 3 is 2.52 bits per heavy atom. The highest BCUT2D eigenvalue weighted by Crippen LogP contribution is 2.30. The van der Waals surface area contributed by atoms with Crippen LogP contribution in [-0.4, -0.2) is 99.1 Å². The van der Waals surface area contributed by atoms with E-state index in [2.05, 4.69) is 12.2 Å². The van der Waals surface area contributed by atoms with Gasteiger partial charge in [-0.1, -0.05) is 13.3 Å². The number of rotatable bonds is 7. The summed E-state index contributed by atoms with van der Waals surface area (Å²) in [5, 5.41) is 43.5. The molecule has 27 heavy (non-hydrogen) atoms. The summed E-state index contributed by atoms with van der Waals surface area (Å²) in [7, 11) is 1.91. The van der Waals surface area contributed by atoms with Crippen molar-refractivity contribution in [2.45, 2.75) is 81.1 Å². The van der Waals surface area contributed by atoms with E-state index in [0.29, 0.717) is 5.92 Å². The van der Waals surface area contributed by atoms with Gasteiger partial charge < -0.3 is 30.5 Å². The quantitative estimate of drug-likeness (QED) is 0.370. The first-order valence-electron chi connectivity index (χ1n) is 9.62. The summed E-state index contributed by atoms with van der Waals surface area (Å²) in [6, 6.07) is -1.20. The number of nitrogens with zero attached hydrogens (tertiary/aromatic N) is 1. The largest absolute Gasteiger partial charge is 0.391 e. The van der Waals surface area contributed by atoms with Gasteiger partial charge in [-0.25, -0.2) is 0 Å². The second kappa shape index (κ2) is 9.87. The Labute approximate surface area is 165 Å². The van der Waals surface area contributed by atoms with Crippen molar-refractivity contribution in [3.8, 4) is 0 Å². The monoisotopic (exact) mass is 406 g/mol. The molecule has 5 N–H and O–H groups in total. The average molecular weight is 407 g/mol. The normalized spacial score (nSPS) is 39.9. The first kappa shape index (κ1) is 22.9. The molecule has 2 aliphatic rings. The number of aliphatic hydroxyl groups excluding tert-OH is 4. The smallest absolute Gasteiger partial charge is 0.237 e. The molecular formula is C18H34N2O6S. The van der Waals surface area contributed by atoms with E-state index in [4.69, 9.17) is 4.74 Å². The van der Waals surface area contributed by atoms with E-state index in [0.717, 1.165) is 25.8 Å². The molecular weight excluding hydrogens is 372 g/mol. The number of nitrogens with one attached hydrogen (secondary N) is 1. The molecule has 2 aliphatic heterocycles. The number of likely N-dealkylation sites (tertiary alicyclic amines) is 1. The van der Waals surface area contributed by atoms with Crippen LogP contribution in [0.2, 0.25) is 0 Å². The minimum Gasteiger partial charge on any atom is -0.391 e. The molecule has 0 aliphatic carbocycles. The van der Waals surface area contributed by atoms with E-state index in [1.807, 2.05) is 11.9 Å². The minimum atomic E-state index is -1.42. The van der Waals surface area contributed by atoms with Gasteiger partial charge in [0.05, 0.1) is 18.2 Å². The van der Waals surface area contributed by atoms with Crippen molar-refractivity contribution in [3.63, 3.8) is 0 Å². The topological polar surface area (TPSA) is 122 Å². The minimum absolute atomic E-state index is 0.223. The summed E-state index contributed by atoms with van der Waals surface area (Å²) < 4.78 is 5.72. The van der Waals surface area contributed by atoms with E-state index in [9.17, 15) is 25.2 Å². The van der Waals surface area contributed by atoms with Gasteiger partial charge in [-0.3, -0.25) is 9.69 Å². The average Bonchev–Trinajstić information content (AvgIpc) is 2.99. The lowest BCUT2D eigenvalue weighted by molar-refractivity contribution is -0.211. The molecule has 2 rings (SSSR count). The summed E-state index contributed by atoms with van der Waals surface area (Å²) in [5.41, 5.74) is -0.755. The molecule has 9 atom stereocenters. The van der Waals surface area contributed by atoms with E-state index in [-0.39, 0.29) is 11.9 Å². The molecule has 9 heteroatoms. The lowest BCUT2D eigenvalue weighted by Gasteiger charge is -2.44. The Kier molecular flexibility index (Phi) is 8.35. The first-order valence-corrected chi connectivity index (χ1v) is 10.9. The third kappa shape index (κ3) is 5.14.